The maximum absolute atomic E-state index is 13.1. The molecule has 0 fully saturated rings. The number of carbonyl (C=O) groups is 2. The number of amides is 1. The highest BCUT2D eigenvalue weighted by Crippen LogP contribution is 2.25. The zero-order valence-electron chi connectivity index (χ0n) is 20.0. The summed E-state index contributed by atoms with van der Waals surface area (Å²) in [7, 11) is 0.418. The van der Waals surface area contributed by atoms with Crippen molar-refractivity contribution in [1.29, 1.82) is 0 Å². The maximum atomic E-state index is 13.1. The van der Waals surface area contributed by atoms with Gasteiger partial charge in [-0.25, -0.2) is 8.42 Å². The van der Waals surface area contributed by atoms with Gasteiger partial charge in [-0.15, -0.1) is 0 Å². The Bertz CT molecular complexity index is 1390. The second-order valence-electron chi connectivity index (χ2n) is 7.46. The highest BCUT2D eigenvalue weighted by atomic mass is 35.5. The molecule has 0 spiro atoms. The Labute approximate surface area is 217 Å². The van der Waals surface area contributed by atoms with Crippen LogP contribution in [0.1, 0.15) is 10.4 Å². The molecule has 1 heterocycles. The first-order valence-corrected chi connectivity index (χ1v) is 13.4. The SMILES string of the molecule is COCCN(CCOC)S(=O)(=O)c1ccc(C(=O)N=c2sc3cccc(Cl)c3n2CC(=O)OC)cc1. The largest absolute Gasteiger partial charge is 0.468 e. The maximum Gasteiger partial charge on any atom is 0.325 e. The van der Waals surface area contributed by atoms with Gasteiger partial charge in [-0.05, 0) is 36.4 Å². The number of thiazole rings is 1. The number of hydrogen-bond donors (Lipinski definition) is 0. The van der Waals surface area contributed by atoms with Crippen LogP contribution < -0.4 is 4.80 Å². The number of carbonyl (C=O) groups excluding carboxylic acids is 2. The lowest BCUT2D eigenvalue weighted by atomic mass is 10.2. The second-order valence-corrected chi connectivity index (χ2v) is 10.8. The quantitative estimate of drug-likeness (QED) is 0.334. The van der Waals surface area contributed by atoms with E-state index in [0.29, 0.717) is 10.5 Å². The van der Waals surface area contributed by atoms with Crippen LogP contribution in [0.4, 0.5) is 0 Å². The molecule has 0 aliphatic carbocycles. The number of benzene rings is 2. The van der Waals surface area contributed by atoms with E-state index in [2.05, 4.69) is 4.99 Å². The average Bonchev–Trinajstić information content (AvgIpc) is 3.21. The second kappa shape index (κ2) is 12.6. The summed E-state index contributed by atoms with van der Waals surface area (Å²) in [4.78, 5) is 29.4. The van der Waals surface area contributed by atoms with E-state index in [9.17, 15) is 18.0 Å². The van der Waals surface area contributed by atoms with Crippen molar-refractivity contribution in [2.45, 2.75) is 11.4 Å². The molecule has 36 heavy (non-hydrogen) atoms. The van der Waals surface area contributed by atoms with Crippen LogP contribution in [0.5, 0.6) is 0 Å². The van der Waals surface area contributed by atoms with E-state index in [4.69, 9.17) is 25.8 Å². The lowest BCUT2D eigenvalue weighted by Crippen LogP contribution is -2.36. The number of hydrogen-bond acceptors (Lipinski definition) is 8. The Kier molecular flexibility index (Phi) is 9.77. The van der Waals surface area contributed by atoms with Gasteiger partial charge >= 0.3 is 5.97 Å². The molecule has 13 heteroatoms. The molecule has 0 aliphatic rings. The van der Waals surface area contributed by atoms with Gasteiger partial charge in [0.1, 0.15) is 6.54 Å². The molecule has 194 valence electrons. The minimum atomic E-state index is -3.83. The summed E-state index contributed by atoms with van der Waals surface area (Å²) in [5.74, 6) is -1.12. The van der Waals surface area contributed by atoms with Crippen molar-refractivity contribution in [1.82, 2.24) is 8.87 Å². The molecule has 0 saturated heterocycles. The zero-order valence-corrected chi connectivity index (χ0v) is 22.4. The van der Waals surface area contributed by atoms with Crippen LogP contribution in [0.2, 0.25) is 5.02 Å². The minimum Gasteiger partial charge on any atom is -0.468 e. The number of halogens is 1. The topological polar surface area (TPSA) is 116 Å². The molecule has 0 aliphatic heterocycles. The first-order chi connectivity index (χ1) is 17.2. The molecule has 2 aromatic carbocycles. The first kappa shape index (κ1) is 28.0. The third-order valence-electron chi connectivity index (χ3n) is 5.19. The number of esters is 1. The van der Waals surface area contributed by atoms with Gasteiger partial charge < -0.3 is 18.8 Å². The molecule has 0 bridgehead atoms. The first-order valence-electron chi connectivity index (χ1n) is 10.7. The molecule has 3 aromatic rings. The Hall–Kier alpha value is -2.61. The van der Waals surface area contributed by atoms with Crippen molar-refractivity contribution in [3.8, 4) is 0 Å². The van der Waals surface area contributed by atoms with Crippen molar-refractivity contribution in [3.63, 3.8) is 0 Å². The smallest absolute Gasteiger partial charge is 0.325 e. The molecule has 0 radical (unpaired) electrons. The van der Waals surface area contributed by atoms with Gasteiger partial charge in [0, 0.05) is 32.9 Å². The number of methoxy groups -OCH3 is 3. The van der Waals surface area contributed by atoms with Crippen LogP contribution in [-0.2, 0) is 35.6 Å². The van der Waals surface area contributed by atoms with Crippen LogP contribution in [0, 0.1) is 0 Å². The molecule has 10 nitrogen and oxygen atoms in total. The number of ether oxygens (including phenoxy) is 3. The number of fused-ring (bicyclic) bond motifs is 1. The molecule has 0 atom stereocenters. The van der Waals surface area contributed by atoms with Gasteiger partial charge in [-0.1, -0.05) is 29.0 Å². The van der Waals surface area contributed by atoms with Crippen LogP contribution >= 0.6 is 22.9 Å². The van der Waals surface area contributed by atoms with Gasteiger partial charge in [0.25, 0.3) is 5.91 Å². The summed E-state index contributed by atoms with van der Waals surface area (Å²) in [6, 6.07) is 10.8. The number of sulfonamides is 1. The van der Waals surface area contributed by atoms with Gasteiger partial charge in [0.05, 0.1) is 40.5 Å². The Balaban J connectivity index is 1.95. The molecule has 0 unspecified atom stereocenters. The van der Waals surface area contributed by atoms with Crippen molar-refractivity contribution < 1.29 is 32.2 Å². The molecule has 1 aromatic heterocycles. The van der Waals surface area contributed by atoms with E-state index < -0.39 is 21.9 Å². The summed E-state index contributed by atoms with van der Waals surface area (Å²) < 4.78 is 44.5. The van der Waals surface area contributed by atoms with Crippen LogP contribution in [0.25, 0.3) is 10.2 Å². The number of para-hydroxylation sites is 1. The monoisotopic (exact) mass is 555 g/mol. The van der Waals surface area contributed by atoms with E-state index in [1.54, 1.807) is 12.1 Å². The fourth-order valence-corrected chi connectivity index (χ4v) is 6.12. The molecular formula is C23H26ClN3O7S2. The molecule has 0 N–H and O–H groups in total. The predicted octanol–water partition coefficient (Wildman–Crippen LogP) is 2.55. The third kappa shape index (κ3) is 6.38. The lowest BCUT2D eigenvalue weighted by molar-refractivity contribution is -0.141. The van der Waals surface area contributed by atoms with E-state index in [1.807, 2.05) is 6.07 Å². The van der Waals surface area contributed by atoms with Gasteiger partial charge in [-0.3, -0.25) is 9.59 Å². The van der Waals surface area contributed by atoms with Crippen LogP contribution in [-0.4, -0.2) is 76.8 Å². The van der Waals surface area contributed by atoms with Crippen LogP contribution in [0.3, 0.4) is 0 Å². The Morgan fingerprint density at radius 1 is 1.03 bits per heavy atom. The van der Waals surface area contributed by atoms with Crippen molar-refractivity contribution in [2.24, 2.45) is 4.99 Å². The number of nitrogens with zero attached hydrogens (tertiary/aromatic N) is 3. The van der Waals surface area contributed by atoms with E-state index >= 15 is 0 Å². The average molecular weight is 556 g/mol. The van der Waals surface area contributed by atoms with Crippen LogP contribution in [0.15, 0.2) is 52.4 Å². The molecule has 0 saturated carbocycles. The fourth-order valence-electron chi connectivity index (χ4n) is 3.32. The van der Waals surface area contributed by atoms with Crippen molar-refractivity contribution in [2.75, 3.05) is 47.6 Å². The van der Waals surface area contributed by atoms with E-state index in [1.165, 1.54) is 65.8 Å². The highest BCUT2D eigenvalue weighted by molar-refractivity contribution is 7.89. The normalized spacial score (nSPS) is 12.4. The summed E-state index contributed by atoms with van der Waals surface area (Å²) in [6.45, 7) is 0.592. The summed E-state index contributed by atoms with van der Waals surface area (Å²) in [5.41, 5.74) is 0.747. The predicted molar refractivity (Wildman–Crippen MR) is 136 cm³/mol. The number of aromatic nitrogens is 1. The summed E-state index contributed by atoms with van der Waals surface area (Å²) in [6.07, 6.45) is 0. The standard InChI is InChI=1S/C23H26ClN3O7S2/c1-32-13-11-26(12-14-33-2)36(30,31)17-9-7-16(8-10-17)22(29)25-23-27(15-20(28)34-3)21-18(24)5-4-6-19(21)35-23/h4-10H,11-15H2,1-3H3. The third-order valence-corrected chi connectivity index (χ3v) is 8.45. The molecule has 3 rings (SSSR count). The fraction of sp³-hybridized carbons (Fsp3) is 0.348. The summed E-state index contributed by atoms with van der Waals surface area (Å²) in [5, 5.41) is 0.405. The Morgan fingerprint density at radius 2 is 1.67 bits per heavy atom. The minimum absolute atomic E-state index is 0.0284. The Morgan fingerprint density at radius 3 is 2.25 bits per heavy atom. The van der Waals surface area contributed by atoms with E-state index in [0.717, 1.165) is 4.70 Å². The van der Waals surface area contributed by atoms with Gasteiger partial charge in [0.2, 0.25) is 10.0 Å². The van der Waals surface area contributed by atoms with Gasteiger partial charge in [-0.2, -0.15) is 9.30 Å². The zero-order chi connectivity index (χ0) is 26.3. The molecular weight excluding hydrogens is 530 g/mol. The lowest BCUT2D eigenvalue weighted by Gasteiger charge is -2.21. The molecule has 1 amide bonds. The van der Waals surface area contributed by atoms with Crippen molar-refractivity contribution in [3.05, 3.63) is 57.9 Å². The van der Waals surface area contributed by atoms with E-state index in [-0.39, 0.29) is 48.1 Å². The highest BCUT2D eigenvalue weighted by Gasteiger charge is 2.24. The van der Waals surface area contributed by atoms with Crippen molar-refractivity contribution >= 4 is 55.1 Å². The van der Waals surface area contributed by atoms with Gasteiger partial charge in [0.15, 0.2) is 4.80 Å². The summed E-state index contributed by atoms with van der Waals surface area (Å²) >= 11 is 7.53. The number of rotatable bonds is 11.